The Morgan fingerprint density at radius 1 is 0.941 bits per heavy atom. The van der Waals surface area contributed by atoms with Crippen molar-refractivity contribution in [3.8, 4) is 0 Å². The highest BCUT2D eigenvalue weighted by Crippen LogP contribution is 2.30. The maximum atomic E-state index is 12.3. The van der Waals surface area contributed by atoms with Crippen molar-refractivity contribution in [3.05, 3.63) is 0 Å². The molecule has 0 saturated carbocycles. The lowest BCUT2D eigenvalue weighted by molar-refractivity contribution is -0.123. The van der Waals surface area contributed by atoms with Gasteiger partial charge in [0.2, 0.25) is 5.91 Å². The molecule has 0 aromatic carbocycles. The predicted molar refractivity (Wildman–Crippen MR) is 143 cm³/mol. The van der Waals surface area contributed by atoms with Crippen LogP contribution >= 0.6 is 11.8 Å². The molecule has 34 heavy (non-hydrogen) atoms. The molecule has 0 aromatic rings. The molecule has 6 nitrogen and oxygen atoms in total. The van der Waals surface area contributed by atoms with Crippen molar-refractivity contribution in [3.63, 3.8) is 0 Å². The Labute approximate surface area is 214 Å². The third-order valence-corrected chi connectivity index (χ3v) is 12.1. The van der Waals surface area contributed by atoms with E-state index in [0.29, 0.717) is 12.5 Å². The fraction of sp³-hybridized carbons (Fsp3) is 0.962. The van der Waals surface area contributed by atoms with E-state index < -0.39 is 8.80 Å². The second kappa shape index (κ2) is 15.2. The number of piperidine rings is 3. The molecule has 198 valence electrons. The van der Waals surface area contributed by atoms with E-state index in [9.17, 15) is 4.79 Å². The summed E-state index contributed by atoms with van der Waals surface area (Å²) in [7, 11) is -0.653. The molecule has 4 aliphatic rings. The molecule has 4 aliphatic heterocycles. The number of nitrogens with one attached hydrogen (secondary N) is 1. The van der Waals surface area contributed by atoms with Crippen LogP contribution in [0.4, 0.5) is 0 Å². The van der Waals surface area contributed by atoms with Crippen LogP contribution in [0.15, 0.2) is 0 Å². The molecule has 0 aliphatic carbocycles. The summed E-state index contributed by atoms with van der Waals surface area (Å²) in [5, 5.41) is 3.32. The summed E-state index contributed by atoms with van der Waals surface area (Å²) in [6.45, 7) is 7.69. The van der Waals surface area contributed by atoms with Crippen molar-refractivity contribution in [2.24, 2.45) is 5.92 Å². The highest BCUT2D eigenvalue weighted by Gasteiger charge is 2.49. The Kier molecular flexibility index (Phi) is 12.7. The van der Waals surface area contributed by atoms with Crippen molar-refractivity contribution in [1.82, 2.24) is 10.2 Å². The number of amides is 1. The number of rotatable bonds is 17. The molecule has 0 aromatic heterocycles. The first-order chi connectivity index (χ1) is 16.5. The van der Waals surface area contributed by atoms with Gasteiger partial charge >= 0.3 is 8.80 Å². The van der Waals surface area contributed by atoms with Gasteiger partial charge in [0.15, 0.2) is 0 Å². The molecule has 8 heteroatoms. The molecule has 0 radical (unpaired) electrons. The molecule has 1 amide bonds. The first-order valence-electron chi connectivity index (χ1n) is 14.0. The highest BCUT2D eigenvalue weighted by molar-refractivity contribution is 7.99. The van der Waals surface area contributed by atoms with E-state index in [4.69, 9.17) is 13.3 Å². The van der Waals surface area contributed by atoms with Gasteiger partial charge in [0.05, 0.1) is 12.2 Å². The van der Waals surface area contributed by atoms with Crippen LogP contribution in [0.3, 0.4) is 0 Å². The zero-order chi connectivity index (χ0) is 24.2. The normalized spacial score (nSPS) is 32.9. The highest BCUT2D eigenvalue weighted by atomic mass is 32.2. The lowest BCUT2D eigenvalue weighted by Crippen LogP contribution is -2.57. The predicted octanol–water partition coefficient (Wildman–Crippen LogP) is 5.24. The smallest absolute Gasteiger partial charge is 0.377 e. The number of unbranched alkanes of at least 4 members (excludes halogenated alkanes) is 7. The molecule has 3 atom stereocenters. The van der Waals surface area contributed by atoms with Crippen molar-refractivity contribution < 1.29 is 18.1 Å². The maximum absolute atomic E-state index is 12.3. The third kappa shape index (κ3) is 9.39. The van der Waals surface area contributed by atoms with Crippen LogP contribution in [0.1, 0.15) is 90.9 Å². The van der Waals surface area contributed by atoms with Crippen LogP contribution < -0.4 is 5.32 Å². The van der Waals surface area contributed by atoms with Crippen LogP contribution in [-0.4, -0.2) is 76.1 Å². The minimum Gasteiger partial charge on any atom is -0.377 e. The minimum atomic E-state index is -2.39. The molecule has 4 saturated heterocycles. The second-order valence-corrected chi connectivity index (χ2v) is 14.6. The van der Waals surface area contributed by atoms with Gasteiger partial charge in [0.25, 0.3) is 0 Å². The van der Waals surface area contributed by atoms with Crippen molar-refractivity contribution in [2.75, 3.05) is 38.2 Å². The molecule has 3 unspecified atom stereocenters. The first-order valence-corrected chi connectivity index (χ1v) is 17.1. The Balaban J connectivity index is 1.06. The minimum absolute atomic E-state index is 0.151. The Hall–Kier alpha value is -0.123. The van der Waals surface area contributed by atoms with Crippen LogP contribution in [0.25, 0.3) is 0 Å². The van der Waals surface area contributed by atoms with Crippen LogP contribution in [0.5, 0.6) is 0 Å². The quantitative estimate of drug-likeness (QED) is 0.212. The van der Waals surface area contributed by atoms with Crippen LogP contribution in [0, 0.1) is 5.92 Å². The van der Waals surface area contributed by atoms with E-state index in [1.807, 2.05) is 0 Å². The molecular weight excluding hydrogens is 464 g/mol. The SMILES string of the molecule is CO[Si]1(CCCSCCCCCCCCCCC(=O)NC2CN3CCC2CC3)OC(C)C(C)O1. The van der Waals surface area contributed by atoms with Gasteiger partial charge in [0, 0.05) is 32.2 Å². The van der Waals surface area contributed by atoms with E-state index in [2.05, 4.69) is 35.8 Å². The van der Waals surface area contributed by atoms with Crippen molar-refractivity contribution in [1.29, 1.82) is 0 Å². The summed E-state index contributed by atoms with van der Waals surface area (Å²) in [6, 6.07) is 1.35. The number of hydrogen-bond acceptors (Lipinski definition) is 6. The van der Waals surface area contributed by atoms with Gasteiger partial charge in [-0.05, 0) is 76.5 Å². The van der Waals surface area contributed by atoms with E-state index in [-0.39, 0.29) is 18.1 Å². The first kappa shape index (κ1) is 28.4. The average molecular weight is 515 g/mol. The van der Waals surface area contributed by atoms with Gasteiger partial charge in [-0.2, -0.15) is 11.8 Å². The lowest BCUT2D eigenvalue weighted by atomic mass is 9.84. The molecule has 4 rings (SSSR count). The summed E-state index contributed by atoms with van der Waals surface area (Å²) in [4.78, 5) is 14.8. The summed E-state index contributed by atoms with van der Waals surface area (Å²) in [5.41, 5.74) is 0. The number of fused-ring (bicyclic) bond motifs is 3. The monoisotopic (exact) mass is 514 g/mol. The number of nitrogens with zero attached hydrogens (tertiary/aromatic N) is 1. The fourth-order valence-corrected chi connectivity index (χ4v) is 9.58. The van der Waals surface area contributed by atoms with Gasteiger partial charge in [0.1, 0.15) is 0 Å². The molecule has 1 N–H and O–H groups in total. The standard InChI is InChI=1S/C26H50N2O4SSi/c1-22-23(2)32-34(30-3,31-22)20-12-19-33-18-11-9-7-5-4-6-8-10-13-26(29)27-25-21-28-16-14-24(25)15-17-28/h22-25H,4-21H2,1-3H3,(H,27,29). The van der Waals surface area contributed by atoms with Gasteiger partial charge in [-0.1, -0.05) is 38.5 Å². The topological polar surface area (TPSA) is 60.0 Å². The largest absolute Gasteiger partial charge is 0.501 e. The lowest BCUT2D eigenvalue weighted by Gasteiger charge is -2.44. The number of carbonyl (C=O) groups excluding carboxylic acids is 1. The van der Waals surface area contributed by atoms with Gasteiger partial charge in [-0.3, -0.25) is 4.79 Å². The van der Waals surface area contributed by atoms with E-state index in [1.165, 1.54) is 82.4 Å². The van der Waals surface area contributed by atoms with E-state index in [0.717, 1.165) is 31.3 Å². The maximum Gasteiger partial charge on any atom is 0.501 e. The molecule has 2 bridgehead atoms. The Morgan fingerprint density at radius 2 is 1.53 bits per heavy atom. The van der Waals surface area contributed by atoms with Gasteiger partial charge in [-0.15, -0.1) is 0 Å². The zero-order valence-corrected chi connectivity index (χ0v) is 23.8. The van der Waals surface area contributed by atoms with Crippen LogP contribution in [0.2, 0.25) is 6.04 Å². The van der Waals surface area contributed by atoms with Gasteiger partial charge in [-0.25, -0.2) is 0 Å². The van der Waals surface area contributed by atoms with Gasteiger partial charge < -0.3 is 23.5 Å². The van der Waals surface area contributed by atoms with Crippen LogP contribution in [-0.2, 0) is 18.1 Å². The van der Waals surface area contributed by atoms with E-state index >= 15 is 0 Å². The summed E-state index contributed by atoms with van der Waals surface area (Å²) in [5.74, 6) is 3.43. The summed E-state index contributed by atoms with van der Waals surface area (Å²) in [6.07, 6.45) is 14.8. The Morgan fingerprint density at radius 3 is 2.12 bits per heavy atom. The molecular formula is C26H50N2O4SSi. The molecule has 4 fully saturated rings. The Bertz CT molecular complexity index is 581. The third-order valence-electron chi connectivity index (χ3n) is 7.92. The molecule has 4 heterocycles. The molecule has 0 spiro atoms. The number of thioether (sulfide) groups is 1. The van der Waals surface area contributed by atoms with E-state index in [1.54, 1.807) is 7.11 Å². The zero-order valence-electron chi connectivity index (χ0n) is 22.0. The van der Waals surface area contributed by atoms with Crippen molar-refractivity contribution >= 4 is 26.5 Å². The summed E-state index contributed by atoms with van der Waals surface area (Å²) < 4.78 is 17.7. The second-order valence-electron chi connectivity index (χ2n) is 10.6. The number of carbonyl (C=O) groups is 1. The summed E-state index contributed by atoms with van der Waals surface area (Å²) >= 11 is 2.06. The number of hydrogen-bond donors (Lipinski definition) is 1. The van der Waals surface area contributed by atoms with Crippen molar-refractivity contribution in [2.45, 2.75) is 115 Å². The fourth-order valence-electron chi connectivity index (χ4n) is 5.55. The average Bonchev–Trinajstić information content (AvgIpc) is 3.13.